The summed E-state index contributed by atoms with van der Waals surface area (Å²) in [4.78, 5) is 0. The van der Waals surface area contributed by atoms with E-state index in [9.17, 15) is 0 Å². The lowest BCUT2D eigenvalue weighted by Crippen LogP contribution is -2.26. The van der Waals surface area contributed by atoms with Gasteiger partial charge in [0, 0.05) is 19.6 Å². The molecule has 0 bridgehead atoms. The van der Waals surface area contributed by atoms with Crippen molar-refractivity contribution in [3.8, 4) is 0 Å². The second-order valence-electron chi connectivity index (χ2n) is 6.59. The normalized spacial score (nSPS) is 14.6. The van der Waals surface area contributed by atoms with Gasteiger partial charge in [-0.2, -0.15) is 0 Å². The number of hydrogen-bond donors (Lipinski definition) is 3. The van der Waals surface area contributed by atoms with Crippen molar-refractivity contribution in [2.75, 3.05) is 24.4 Å². The van der Waals surface area contributed by atoms with E-state index in [1.807, 2.05) is 19.9 Å². The highest BCUT2D eigenvalue weighted by molar-refractivity contribution is 5.72. The van der Waals surface area contributed by atoms with Crippen LogP contribution in [0.2, 0.25) is 0 Å². The molecule has 1 rings (SSSR count). The van der Waals surface area contributed by atoms with Crippen LogP contribution in [0.25, 0.3) is 0 Å². The molecule has 0 aliphatic rings. The molecule has 0 aliphatic heterocycles. The van der Waals surface area contributed by atoms with Gasteiger partial charge in [-0.3, -0.25) is 0 Å². The van der Waals surface area contributed by atoms with E-state index >= 15 is 0 Å². The van der Waals surface area contributed by atoms with Gasteiger partial charge < -0.3 is 15.8 Å². The topological polar surface area (TPSA) is 75.5 Å². The highest BCUT2D eigenvalue weighted by atomic mass is 16.2. The fourth-order valence-corrected chi connectivity index (χ4v) is 2.95. The predicted molar refractivity (Wildman–Crippen MR) is 110 cm³/mol. The fourth-order valence-electron chi connectivity index (χ4n) is 2.95. The SMILES string of the molecule is C\C=C(CCO)/C(C)=C\C=C(/C)C(C)c1ccc(N(C)N)c(N)c1C. The Bertz CT molecular complexity index is 685. The van der Waals surface area contributed by atoms with E-state index in [2.05, 4.69) is 45.1 Å². The van der Waals surface area contributed by atoms with E-state index in [1.54, 1.807) is 12.1 Å². The highest BCUT2D eigenvalue weighted by Gasteiger charge is 2.15. The van der Waals surface area contributed by atoms with Gasteiger partial charge in [0.1, 0.15) is 0 Å². The van der Waals surface area contributed by atoms with E-state index in [4.69, 9.17) is 16.7 Å². The summed E-state index contributed by atoms with van der Waals surface area (Å²) in [6, 6.07) is 4.08. The molecule has 5 N–H and O–H groups in total. The van der Waals surface area contributed by atoms with Gasteiger partial charge in [-0.15, -0.1) is 0 Å². The molecule has 138 valence electrons. The molecule has 25 heavy (non-hydrogen) atoms. The van der Waals surface area contributed by atoms with Crippen LogP contribution < -0.4 is 16.6 Å². The summed E-state index contributed by atoms with van der Waals surface area (Å²) >= 11 is 0. The number of nitrogens with two attached hydrogens (primary N) is 2. The van der Waals surface area contributed by atoms with Crippen LogP contribution in [0.3, 0.4) is 0 Å². The lowest BCUT2D eigenvalue weighted by molar-refractivity contribution is 0.300. The minimum Gasteiger partial charge on any atom is -0.397 e. The van der Waals surface area contributed by atoms with Crippen molar-refractivity contribution >= 4 is 11.4 Å². The molecular formula is C21H33N3O. The third kappa shape index (κ3) is 5.21. The molecule has 0 radical (unpaired) electrons. The zero-order valence-corrected chi connectivity index (χ0v) is 16.4. The first-order chi connectivity index (χ1) is 11.7. The lowest BCUT2D eigenvalue weighted by Gasteiger charge is -2.22. The first-order valence-electron chi connectivity index (χ1n) is 8.73. The second-order valence-corrected chi connectivity index (χ2v) is 6.59. The van der Waals surface area contributed by atoms with Crippen LogP contribution in [0.5, 0.6) is 0 Å². The Labute approximate surface area is 152 Å². The van der Waals surface area contributed by atoms with Crippen LogP contribution in [0.4, 0.5) is 11.4 Å². The molecule has 0 saturated heterocycles. The maximum Gasteiger partial charge on any atom is 0.0746 e. The summed E-state index contributed by atoms with van der Waals surface area (Å²) in [5, 5.41) is 10.7. The minimum absolute atomic E-state index is 0.171. The first-order valence-corrected chi connectivity index (χ1v) is 8.73. The Kier molecular flexibility index (Phi) is 7.94. The molecule has 0 amide bonds. The number of rotatable bonds is 7. The van der Waals surface area contributed by atoms with Gasteiger partial charge in [-0.05, 0) is 62.5 Å². The van der Waals surface area contributed by atoms with Crippen LogP contribution >= 0.6 is 0 Å². The molecule has 0 aliphatic carbocycles. The smallest absolute Gasteiger partial charge is 0.0746 e. The van der Waals surface area contributed by atoms with E-state index in [0.29, 0.717) is 6.42 Å². The Morgan fingerprint density at radius 2 is 1.92 bits per heavy atom. The van der Waals surface area contributed by atoms with Crippen LogP contribution in [-0.4, -0.2) is 18.8 Å². The van der Waals surface area contributed by atoms with Gasteiger partial charge in [-0.1, -0.05) is 36.8 Å². The van der Waals surface area contributed by atoms with E-state index in [1.165, 1.54) is 22.3 Å². The number of nitrogen functional groups attached to an aromatic ring is 1. The van der Waals surface area contributed by atoms with Gasteiger partial charge >= 0.3 is 0 Å². The summed E-state index contributed by atoms with van der Waals surface area (Å²) in [5.41, 5.74) is 13.7. The van der Waals surface area contributed by atoms with Gasteiger partial charge in [-0.25, -0.2) is 5.84 Å². The van der Waals surface area contributed by atoms with E-state index in [-0.39, 0.29) is 12.5 Å². The summed E-state index contributed by atoms with van der Waals surface area (Å²) < 4.78 is 0. The summed E-state index contributed by atoms with van der Waals surface area (Å²) in [6.45, 7) is 10.6. The van der Waals surface area contributed by atoms with Gasteiger partial charge in [0.2, 0.25) is 0 Å². The van der Waals surface area contributed by atoms with Crippen molar-refractivity contribution in [2.24, 2.45) is 5.84 Å². The van der Waals surface area contributed by atoms with Crippen molar-refractivity contribution in [2.45, 2.75) is 47.0 Å². The number of hydrazine groups is 1. The first kappa shape index (κ1) is 21.0. The molecule has 4 heteroatoms. The van der Waals surface area contributed by atoms with Gasteiger partial charge in [0.05, 0.1) is 11.4 Å². The maximum absolute atomic E-state index is 9.14. The maximum atomic E-state index is 9.14. The fraction of sp³-hybridized carbons (Fsp3) is 0.429. The molecule has 0 fully saturated rings. The third-order valence-electron chi connectivity index (χ3n) is 4.90. The number of benzene rings is 1. The zero-order valence-electron chi connectivity index (χ0n) is 16.4. The van der Waals surface area contributed by atoms with Crippen LogP contribution in [0.1, 0.15) is 51.2 Å². The third-order valence-corrected chi connectivity index (χ3v) is 4.90. The minimum atomic E-state index is 0.171. The molecule has 0 aromatic heterocycles. The number of nitrogens with zero attached hydrogens (tertiary/aromatic N) is 1. The Balaban J connectivity index is 3.11. The molecule has 4 nitrogen and oxygen atoms in total. The van der Waals surface area contributed by atoms with Gasteiger partial charge in [0.15, 0.2) is 0 Å². The average Bonchev–Trinajstić information content (AvgIpc) is 2.58. The Hall–Kier alpha value is -2.04. The number of anilines is 2. The van der Waals surface area contributed by atoms with Crippen molar-refractivity contribution < 1.29 is 5.11 Å². The molecule has 1 aromatic rings. The van der Waals surface area contributed by atoms with Crippen molar-refractivity contribution in [3.05, 3.63) is 58.2 Å². The average molecular weight is 344 g/mol. The largest absolute Gasteiger partial charge is 0.397 e. The van der Waals surface area contributed by atoms with Crippen LogP contribution in [0.15, 0.2) is 47.1 Å². The molecule has 0 heterocycles. The number of hydrogen-bond acceptors (Lipinski definition) is 4. The number of aliphatic hydroxyl groups is 1. The Morgan fingerprint density at radius 1 is 1.28 bits per heavy atom. The van der Waals surface area contributed by atoms with Crippen LogP contribution in [0, 0.1) is 6.92 Å². The standard InChI is InChI=1S/C21H33N3O/c1-7-18(12-13-25)15(3)9-8-14(2)16(4)19-10-11-20(24(6)23)21(22)17(19)5/h7-11,16,25H,12-13,22-23H2,1-6H3/b14-8+,15-9-,18-7-. The molecule has 1 atom stereocenters. The zero-order chi connectivity index (χ0) is 19.1. The number of aliphatic hydroxyl groups excluding tert-OH is 1. The molecular weight excluding hydrogens is 310 g/mol. The summed E-state index contributed by atoms with van der Waals surface area (Å²) in [5.74, 6) is 6.09. The quantitative estimate of drug-likeness (QED) is 0.300. The van der Waals surface area contributed by atoms with Crippen molar-refractivity contribution in [1.82, 2.24) is 0 Å². The van der Waals surface area contributed by atoms with Gasteiger partial charge in [0.25, 0.3) is 0 Å². The second kappa shape index (κ2) is 9.44. The summed E-state index contributed by atoms with van der Waals surface area (Å²) in [7, 11) is 1.79. The molecule has 0 spiro atoms. The Morgan fingerprint density at radius 3 is 2.44 bits per heavy atom. The van der Waals surface area contributed by atoms with Crippen molar-refractivity contribution in [1.29, 1.82) is 0 Å². The van der Waals surface area contributed by atoms with Crippen LogP contribution in [-0.2, 0) is 0 Å². The molecule has 0 saturated carbocycles. The number of allylic oxidation sites excluding steroid dienone is 5. The molecule has 1 aromatic carbocycles. The van der Waals surface area contributed by atoms with E-state index in [0.717, 1.165) is 16.9 Å². The summed E-state index contributed by atoms with van der Waals surface area (Å²) in [6.07, 6.45) is 7.02. The lowest BCUT2D eigenvalue weighted by atomic mass is 9.89. The molecule has 1 unspecified atom stereocenters. The highest BCUT2D eigenvalue weighted by Crippen LogP contribution is 2.34. The van der Waals surface area contributed by atoms with Crippen molar-refractivity contribution in [3.63, 3.8) is 0 Å². The monoisotopic (exact) mass is 343 g/mol. The van der Waals surface area contributed by atoms with E-state index < -0.39 is 0 Å². The predicted octanol–water partition coefficient (Wildman–Crippen LogP) is 4.21.